The number of hydrogen-bond donors (Lipinski definition) is 2. The van der Waals surface area contributed by atoms with Gasteiger partial charge in [0.05, 0.1) is 10.9 Å². The predicted molar refractivity (Wildman–Crippen MR) is 81.9 cm³/mol. The van der Waals surface area contributed by atoms with Gasteiger partial charge in [0.1, 0.15) is 4.21 Å². The predicted octanol–water partition coefficient (Wildman–Crippen LogP) is 2.48. The van der Waals surface area contributed by atoms with Gasteiger partial charge < -0.3 is 0 Å². The van der Waals surface area contributed by atoms with Gasteiger partial charge in [-0.25, -0.2) is 13.8 Å². The number of terminal acetylenes is 1. The molecule has 0 bridgehead atoms. The fraction of sp³-hybridized carbons (Fsp3) is 0.0769. The van der Waals surface area contributed by atoms with Gasteiger partial charge in [0.25, 0.3) is 10.0 Å². The van der Waals surface area contributed by atoms with Crippen molar-refractivity contribution in [3.05, 3.63) is 40.7 Å². The molecule has 0 fully saturated rings. The molecule has 0 aliphatic heterocycles. The Bertz CT molecular complexity index is 733. The Morgan fingerprint density at radius 1 is 1.30 bits per heavy atom. The lowest BCUT2D eigenvalue weighted by Gasteiger charge is -2.07. The van der Waals surface area contributed by atoms with Crippen molar-refractivity contribution in [3.8, 4) is 23.5 Å². The molecule has 0 spiro atoms. The summed E-state index contributed by atoms with van der Waals surface area (Å²) < 4.78 is 25.0. The number of hydrazine groups is 1. The first kappa shape index (κ1) is 15.0. The zero-order valence-corrected chi connectivity index (χ0v) is 12.6. The summed E-state index contributed by atoms with van der Waals surface area (Å²) in [6.45, 7) is 0.0962. The summed E-state index contributed by atoms with van der Waals surface area (Å²) in [7, 11) is -3.71. The summed E-state index contributed by atoms with van der Waals surface area (Å²) in [5.74, 6) is 2.28. The van der Waals surface area contributed by atoms with E-state index in [1.165, 1.54) is 0 Å². The molecule has 2 rings (SSSR count). The van der Waals surface area contributed by atoms with Crippen LogP contribution in [0.25, 0.3) is 11.1 Å². The molecule has 0 amide bonds. The normalized spacial score (nSPS) is 11.2. The average molecular weight is 327 g/mol. The lowest BCUT2D eigenvalue weighted by molar-refractivity contribution is 0.568. The van der Waals surface area contributed by atoms with Crippen molar-refractivity contribution >= 4 is 33.0 Å². The molecule has 0 radical (unpaired) electrons. The zero-order chi connectivity index (χ0) is 14.6. The number of benzene rings is 1. The van der Waals surface area contributed by atoms with E-state index in [4.69, 9.17) is 18.0 Å². The van der Waals surface area contributed by atoms with Crippen LogP contribution in [0.15, 0.2) is 40.6 Å². The average Bonchev–Trinajstić information content (AvgIpc) is 2.83. The number of hydrogen-bond acceptors (Lipinski definition) is 4. The van der Waals surface area contributed by atoms with Crippen molar-refractivity contribution < 1.29 is 8.42 Å². The highest BCUT2D eigenvalue weighted by molar-refractivity contribution is 7.91. The number of sulfonamides is 1. The Hall–Kier alpha value is -1.36. The molecule has 0 atom stereocenters. The van der Waals surface area contributed by atoms with Gasteiger partial charge >= 0.3 is 0 Å². The minimum atomic E-state index is -3.71. The molecule has 0 aliphatic rings. The van der Waals surface area contributed by atoms with E-state index < -0.39 is 10.0 Å². The third-order valence-corrected chi connectivity index (χ3v) is 5.48. The van der Waals surface area contributed by atoms with Crippen LogP contribution in [0.2, 0.25) is 4.34 Å². The second-order valence-corrected chi connectivity index (χ2v) is 7.34. The van der Waals surface area contributed by atoms with Crippen LogP contribution in [-0.2, 0) is 10.0 Å². The summed E-state index contributed by atoms with van der Waals surface area (Å²) >= 11 is 6.95. The highest BCUT2D eigenvalue weighted by Crippen LogP contribution is 2.37. The highest BCUT2D eigenvalue weighted by atomic mass is 35.5. The van der Waals surface area contributed by atoms with E-state index in [0.29, 0.717) is 9.90 Å². The van der Waals surface area contributed by atoms with Crippen LogP contribution in [0.3, 0.4) is 0 Å². The minimum Gasteiger partial charge on any atom is -0.232 e. The molecular weight excluding hydrogens is 316 g/mol. The molecule has 0 aliphatic carbocycles. The first-order chi connectivity index (χ1) is 9.54. The van der Waals surface area contributed by atoms with Crippen molar-refractivity contribution in [2.45, 2.75) is 4.21 Å². The third kappa shape index (κ3) is 3.39. The van der Waals surface area contributed by atoms with Gasteiger partial charge in [0, 0.05) is 5.56 Å². The van der Waals surface area contributed by atoms with E-state index in [1.807, 2.05) is 30.3 Å². The van der Waals surface area contributed by atoms with Crippen molar-refractivity contribution in [1.82, 2.24) is 10.3 Å². The first-order valence-corrected chi connectivity index (χ1v) is 8.25. The van der Waals surface area contributed by atoms with Gasteiger partial charge in [-0.05, 0) is 11.6 Å². The second-order valence-electron chi connectivity index (χ2n) is 3.78. The molecule has 1 aromatic heterocycles. The Kier molecular flexibility index (Phi) is 4.81. The maximum absolute atomic E-state index is 12.2. The number of halogens is 1. The molecule has 0 saturated carbocycles. The summed E-state index contributed by atoms with van der Waals surface area (Å²) in [4.78, 5) is 2.23. The van der Waals surface area contributed by atoms with Crippen LogP contribution in [0, 0.1) is 12.3 Å². The maximum atomic E-state index is 12.2. The Balaban J connectivity index is 2.41. The maximum Gasteiger partial charge on any atom is 0.263 e. The lowest BCUT2D eigenvalue weighted by atomic mass is 10.1. The van der Waals surface area contributed by atoms with E-state index in [0.717, 1.165) is 16.9 Å². The topological polar surface area (TPSA) is 58.2 Å². The van der Waals surface area contributed by atoms with Crippen LogP contribution in [0.1, 0.15) is 0 Å². The molecule has 20 heavy (non-hydrogen) atoms. The van der Waals surface area contributed by atoms with Gasteiger partial charge in [-0.1, -0.05) is 47.9 Å². The molecule has 2 N–H and O–H groups in total. The smallest absolute Gasteiger partial charge is 0.232 e. The summed E-state index contributed by atoms with van der Waals surface area (Å²) in [5, 5.41) is 0. The van der Waals surface area contributed by atoms with Gasteiger partial charge in [-0.3, -0.25) is 0 Å². The van der Waals surface area contributed by atoms with Gasteiger partial charge in [-0.2, -0.15) is 0 Å². The highest BCUT2D eigenvalue weighted by Gasteiger charge is 2.22. The SMILES string of the molecule is C#CCNNS(=O)(=O)c1sc(Cl)cc1-c1ccccc1. The van der Waals surface area contributed by atoms with E-state index in [2.05, 4.69) is 16.2 Å². The minimum absolute atomic E-state index is 0.0962. The van der Waals surface area contributed by atoms with Gasteiger partial charge in [0.15, 0.2) is 0 Å². The van der Waals surface area contributed by atoms with E-state index in [9.17, 15) is 8.42 Å². The molecule has 0 saturated heterocycles. The Morgan fingerprint density at radius 3 is 2.65 bits per heavy atom. The van der Waals surface area contributed by atoms with Crippen LogP contribution < -0.4 is 10.3 Å². The Morgan fingerprint density at radius 2 is 2.00 bits per heavy atom. The van der Waals surface area contributed by atoms with Crippen LogP contribution in [0.4, 0.5) is 0 Å². The summed E-state index contributed by atoms with van der Waals surface area (Å²) in [6.07, 6.45) is 5.06. The fourth-order valence-electron chi connectivity index (χ4n) is 1.59. The fourth-order valence-corrected chi connectivity index (χ4v) is 4.37. The van der Waals surface area contributed by atoms with E-state index in [-0.39, 0.29) is 10.8 Å². The van der Waals surface area contributed by atoms with E-state index >= 15 is 0 Å². The number of rotatable bonds is 5. The molecule has 4 nitrogen and oxygen atoms in total. The van der Waals surface area contributed by atoms with Gasteiger partial charge in [-0.15, -0.1) is 22.6 Å². The molecule has 1 heterocycles. The summed E-state index contributed by atoms with van der Waals surface area (Å²) in [5.41, 5.74) is 3.80. The second kappa shape index (κ2) is 6.39. The standard InChI is InChI=1S/C13H11ClN2O2S2/c1-2-8-15-16-20(17,18)13-11(9-12(14)19-13)10-6-4-3-5-7-10/h1,3-7,9,15-16H,8H2. The lowest BCUT2D eigenvalue weighted by Crippen LogP contribution is -2.37. The molecule has 104 valence electrons. The van der Waals surface area contributed by atoms with Crippen LogP contribution in [-0.4, -0.2) is 15.0 Å². The van der Waals surface area contributed by atoms with Crippen LogP contribution in [0.5, 0.6) is 0 Å². The summed E-state index contributed by atoms with van der Waals surface area (Å²) in [6, 6.07) is 10.8. The molecular formula is C13H11ClN2O2S2. The quantitative estimate of drug-likeness (QED) is 0.504. The number of nitrogens with one attached hydrogen (secondary N) is 2. The first-order valence-electron chi connectivity index (χ1n) is 5.57. The monoisotopic (exact) mass is 326 g/mol. The zero-order valence-electron chi connectivity index (χ0n) is 10.3. The van der Waals surface area contributed by atoms with Crippen molar-refractivity contribution in [2.24, 2.45) is 0 Å². The molecule has 7 heteroatoms. The third-order valence-electron chi connectivity index (χ3n) is 2.39. The number of thiophene rings is 1. The van der Waals surface area contributed by atoms with Gasteiger partial charge in [0.2, 0.25) is 0 Å². The van der Waals surface area contributed by atoms with E-state index in [1.54, 1.807) is 6.07 Å². The molecule has 1 aromatic carbocycles. The molecule has 0 unspecified atom stereocenters. The molecule has 2 aromatic rings. The largest absolute Gasteiger partial charge is 0.263 e. The van der Waals surface area contributed by atoms with Crippen molar-refractivity contribution in [3.63, 3.8) is 0 Å². The van der Waals surface area contributed by atoms with Crippen molar-refractivity contribution in [1.29, 1.82) is 0 Å². The van der Waals surface area contributed by atoms with Crippen LogP contribution >= 0.6 is 22.9 Å². The van der Waals surface area contributed by atoms with Crippen molar-refractivity contribution in [2.75, 3.05) is 6.54 Å². The Labute approximate surface area is 126 Å².